The second kappa shape index (κ2) is 5.98. The van der Waals surface area contributed by atoms with Crippen LogP contribution >= 0.6 is 0 Å². The number of allylic oxidation sites excluding steroid dienone is 1. The van der Waals surface area contributed by atoms with Crippen LogP contribution in [0.15, 0.2) is 35.2 Å². The van der Waals surface area contributed by atoms with Crippen LogP contribution in [0, 0.1) is 28.1 Å². The van der Waals surface area contributed by atoms with Crippen molar-refractivity contribution < 1.29 is 33.0 Å². The van der Waals surface area contributed by atoms with Gasteiger partial charge in [-0.2, -0.15) is 0 Å². The summed E-state index contributed by atoms with van der Waals surface area (Å²) in [5.74, 6) is -1.02. The number of cyclic esters (lactones) is 2. The van der Waals surface area contributed by atoms with Crippen molar-refractivity contribution in [3.63, 3.8) is 0 Å². The number of fused-ring (bicyclic) bond motifs is 3. The number of epoxide rings is 1. The van der Waals surface area contributed by atoms with Crippen LogP contribution in [0.1, 0.15) is 65.5 Å². The van der Waals surface area contributed by atoms with Crippen molar-refractivity contribution in [3.05, 3.63) is 36.3 Å². The van der Waals surface area contributed by atoms with Crippen molar-refractivity contribution in [1.29, 1.82) is 0 Å². The molecule has 0 N–H and O–H groups in total. The highest BCUT2D eigenvalue weighted by atomic mass is 16.7. The van der Waals surface area contributed by atoms with Crippen molar-refractivity contribution in [2.24, 2.45) is 28.1 Å². The average molecular weight is 455 g/mol. The third kappa shape index (κ3) is 2.23. The van der Waals surface area contributed by atoms with Crippen LogP contribution in [0.2, 0.25) is 0 Å². The van der Waals surface area contributed by atoms with Gasteiger partial charge in [0.15, 0.2) is 6.10 Å². The zero-order valence-corrected chi connectivity index (χ0v) is 19.7. The van der Waals surface area contributed by atoms with E-state index in [0.29, 0.717) is 6.42 Å². The fourth-order valence-corrected chi connectivity index (χ4v) is 8.49. The van der Waals surface area contributed by atoms with Gasteiger partial charge in [-0.25, -0.2) is 9.59 Å². The summed E-state index contributed by atoms with van der Waals surface area (Å²) >= 11 is 0. The summed E-state index contributed by atoms with van der Waals surface area (Å²) in [5, 5.41) is 0. The van der Waals surface area contributed by atoms with Crippen LogP contribution in [0.25, 0.3) is 0 Å². The molecule has 2 saturated carbocycles. The molecule has 0 bridgehead atoms. The third-order valence-corrected chi connectivity index (χ3v) is 10.0. The van der Waals surface area contributed by atoms with Crippen molar-refractivity contribution in [1.82, 2.24) is 0 Å². The van der Waals surface area contributed by atoms with Crippen LogP contribution in [0.3, 0.4) is 0 Å². The van der Waals surface area contributed by atoms with Crippen molar-refractivity contribution in [2.45, 2.75) is 77.3 Å². The molecule has 0 unspecified atom stereocenters. The molecular weight excluding hydrogens is 424 g/mol. The molecule has 0 aromatic carbocycles. The van der Waals surface area contributed by atoms with Gasteiger partial charge in [0, 0.05) is 29.4 Å². The van der Waals surface area contributed by atoms with Crippen LogP contribution in [0.4, 0.5) is 0 Å². The number of carbonyl (C=O) groups is 3. The summed E-state index contributed by atoms with van der Waals surface area (Å²) in [6, 6.07) is 1.81. The highest BCUT2D eigenvalue weighted by Crippen LogP contribution is 2.78. The normalized spacial score (nSPS) is 49.5. The van der Waals surface area contributed by atoms with Gasteiger partial charge in [-0.3, -0.25) is 4.79 Å². The smallest absolute Gasteiger partial charge is 0.339 e. The van der Waals surface area contributed by atoms with Gasteiger partial charge in [0.2, 0.25) is 0 Å². The number of hydrogen-bond acceptors (Lipinski definition) is 7. The lowest BCUT2D eigenvalue weighted by molar-refractivity contribution is -0.215. The topological polar surface area (TPSA) is 95.3 Å². The number of esters is 2. The lowest BCUT2D eigenvalue weighted by atomic mass is 9.37. The van der Waals surface area contributed by atoms with Crippen LogP contribution in [-0.4, -0.2) is 35.0 Å². The number of Topliss-reactive ketones (excluding diaryl/α,β-unsaturated/α-hetero) is 1. The Labute approximate surface area is 192 Å². The predicted octanol–water partition coefficient (Wildman–Crippen LogP) is 3.92. The van der Waals surface area contributed by atoms with Crippen LogP contribution in [0.5, 0.6) is 0 Å². The maximum atomic E-state index is 14.1. The first kappa shape index (κ1) is 21.1. The van der Waals surface area contributed by atoms with E-state index in [0.717, 1.165) is 12.0 Å². The van der Waals surface area contributed by atoms with Gasteiger partial charge >= 0.3 is 11.9 Å². The Morgan fingerprint density at radius 3 is 2.45 bits per heavy atom. The van der Waals surface area contributed by atoms with Crippen LogP contribution in [-0.2, 0) is 28.6 Å². The van der Waals surface area contributed by atoms with E-state index in [9.17, 15) is 14.4 Å². The molecule has 1 spiro atoms. The minimum atomic E-state index is -0.958. The highest BCUT2D eigenvalue weighted by Gasteiger charge is 2.88. The first-order valence-electron chi connectivity index (χ1n) is 11.8. The standard InChI is InChI=1S/C26H30O7/c1-22(2)16-12-17(27)25(5)15(23(16,3)9-7-18(28)32-22)6-10-24(4)19(14-8-11-30-13-14)31-21(29)20-26(24,25)33-20/h7-9,11,13,15-16,19-20H,6,10,12H2,1-5H3/t15-,16+,19-,20+,23+,24-,25-,26+/m0/s1. The SMILES string of the molecule is CC1(C)OC(=O)C=C[C@@]2(C)[C@@H]1CC(=O)[C@]1(C)[C@H]2CC[C@@]2(C)[C@H](c3ccoc3)OC(=O)[C@H]3O[C@]321. The van der Waals surface area contributed by atoms with Crippen molar-refractivity contribution in [2.75, 3.05) is 0 Å². The van der Waals surface area contributed by atoms with E-state index in [4.69, 9.17) is 18.6 Å². The first-order chi connectivity index (χ1) is 15.4. The number of rotatable bonds is 1. The average Bonchev–Trinajstić information content (AvgIpc) is 3.33. The molecule has 1 aromatic rings. The second-order valence-corrected chi connectivity index (χ2v) is 11.7. The predicted molar refractivity (Wildman–Crippen MR) is 115 cm³/mol. The summed E-state index contributed by atoms with van der Waals surface area (Å²) in [7, 11) is 0. The summed E-state index contributed by atoms with van der Waals surface area (Å²) in [5.41, 5.74) is -2.94. The zero-order chi connectivity index (χ0) is 23.6. The molecular formula is C26H30O7. The maximum absolute atomic E-state index is 14.1. The largest absolute Gasteiger partial charge is 0.472 e. The number of hydrogen-bond donors (Lipinski definition) is 0. The third-order valence-electron chi connectivity index (χ3n) is 10.0. The Kier molecular flexibility index (Phi) is 3.83. The summed E-state index contributed by atoms with van der Waals surface area (Å²) in [6.07, 6.45) is 7.04. The van der Waals surface area contributed by atoms with Gasteiger partial charge in [0.05, 0.1) is 17.9 Å². The Bertz CT molecular complexity index is 1100. The molecule has 2 aliphatic carbocycles. The van der Waals surface area contributed by atoms with Crippen molar-refractivity contribution in [3.8, 4) is 0 Å². The molecule has 5 aliphatic rings. The molecule has 176 valence electrons. The van der Waals surface area contributed by atoms with E-state index in [2.05, 4.69) is 13.8 Å². The molecule has 2 saturated heterocycles. The number of ether oxygens (including phenoxy) is 3. The molecule has 33 heavy (non-hydrogen) atoms. The van der Waals surface area contributed by atoms with E-state index in [1.54, 1.807) is 12.5 Å². The lowest BCUT2D eigenvalue weighted by Gasteiger charge is -2.64. The quantitative estimate of drug-likeness (QED) is 0.469. The molecule has 4 heterocycles. The fourth-order valence-electron chi connectivity index (χ4n) is 8.49. The van der Waals surface area contributed by atoms with Gasteiger partial charge in [-0.05, 0) is 51.0 Å². The molecule has 8 atom stereocenters. The minimum absolute atomic E-state index is 0.0727. The van der Waals surface area contributed by atoms with E-state index in [-0.39, 0.29) is 30.0 Å². The molecule has 6 rings (SSSR count). The van der Waals surface area contributed by atoms with Crippen LogP contribution < -0.4 is 0 Å². The van der Waals surface area contributed by atoms with Gasteiger partial charge in [0.1, 0.15) is 23.1 Å². The van der Waals surface area contributed by atoms with E-state index < -0.39 is 45.6 Å². The summed E-state index contributed by atoms with van der Waals surface area (Å²) in [6.45, 7) is 9.99. The lowest BCUT2D eigenvalue weighted by Crippen LogP contribution is -2.71. The Morgan fingerprint density at radius 1 is 1.00 bits per heavy atom. The Morgan fingerprint density at radius 2 is 1.76 bits per heavy atom. The Hall–Kier alpha value is -2.41. The van der Waals surface area contributed by atoms with E-state index >= 15 is 0 Å². The molecule has 7 nitrogen and oxygen atoms in total. The zero-order valence-electron chi connectivity index (χ0n) is 19.7. The molecule has 4 fully saturated rings. The monoisotopic (exact) mass is 454 g/mol. The fraction of sp³-hybridized carbons (Fsp3) is 0.654. The molecule has 0 amide bonds. The maximum Gasteiger partial charge on any atom is 0.339 e. The second-order valence-electron chi connectivity index (χ2n) is 11.7. The summed E-state index contributed by atoms with van der Waals surface area (Å²) in [4.78, 5) is 39.6. The van der Waals surface area contributed by atoms with Gasteiger partial charge in [-0.15, -0.1) is 0 Å². The minimum Gasteiger partial charge on any atom is -0.472 e. The molecule has 7 heteroatoms. The Balaban J connectivity index is 1.53. The molecule has 0 radical (unpaired) electrons. The van der Waals surface area contributed by atoms with E-state index in [1.165, 1.54) is 6.08 Å². The highest BCUT2D eigenvalue weighted by molar-refractivity contribution is 5.93. The number of carbonyl (C=O) groups excluding carboxylic acids is 3. The van der Waals surface area contributed by atoms with Gasteiger partial charge in [-0.1, -0.05) is 19.9 Å². The first-order valence-corrected chi connectivity index (χ1v) is 11.8. The molecule has 1 aromatic heterocycles. The summed E-state index contributed by atoms with van der Waals surface area (Å²) < 4.78 is 23.3. The van der Waals surface area contributed by atoms with Crippen molar-refractivity contribution >= 4 is 17.7 Å². The van der Waals surface area contributed by atoms with Gasteiger partial charge < -0.3 is 18.6 Å². The van der Waals surface area contributed by atoms with E-state index in [1.807, 2.05) is 32.9 Å². The molecule has 3 aliphatic heterocycles. The van der Waals surface area contributed by atoms with Gasteiger partial charge in [0.25, 0.3) is 0 Å². The number of furan rings is 1. The number of ketones is 1.